The van der Waals surface area contributed by atoms with E-state index in [0.29, 0.717) is 15.4 Å². The van der Waals surface area contributed by atoms with E-state index in [4.69, 9.17) is 0 Å². The average Bonchev–Trinajstić information content (AvgIpc) is 2.17. The van der Waals surface area contributed by atoms with Crippen molar-refractivity contribution in [3.05, 3.63) is 33.8 Å². The molecule has 0 heterocycles. The van der Waals surface area contributed by atoms with E-state index < -0.39 is 12.5 Å². The maximum atomic E-state index is 12.5. The van der Waals surface area contributed by atoms with Gasteiger partial charge < -0.3 is 5.11 Å². The van der Waals surface area contributed by atoms with Crippen molar-refractivity contribution in [2.45, 2.75) is 12.5 Å². The van der Waals surface area contributed by atoms with Crippen molar-refractivity contribution < 1.29 is 13.9 Å². The van der Waals surface area contributed by atoms with Crippen molar-refractivity contribution in [3.8, 4) is 0 Å². The summed E-state index contributed by atoms with van der Waals surface area (Å²) in [5.74, 6) is 0. The lowest BCUT2D eigenvalue weighted by Gasteiger charge is -2.10. The molecule has 14 heavy (non-hydrogen) atoms. The molecular weight excluding hydrogens is 322 g/mol. The smallest absolute Gasteiger partial charge is 0.264 e. The number of rotatable bonds is 3. The molecule has 0 saturated heterocycles. The molecule has 0 radical (unpaired) electrons. The van der Waals surface area contributed by atoms with E-state index >= 15 is 0 Å². The second kappa shape index (κ2) is 5.19. The van der Waals surface area contributed by atoms with Crippen LogP contribution in [0.3, 0.4) is 0 Å². The van der Waals surface area contributed by atoms with E-state index in [-0.39, 0.29) is 5.56 Å². The Hall–Kier alpha value is -0.0000000000000000555. The van der Waals surface area contributed by atoms with E-state index in [1.807, 2.05) is 0 Å². The summed E-state index contributed by atoms with van der Waals surface area (Å²) in [4.78, 5) is 0. The van der Waals surface area contributed by atoms with E-state index in [0.717, 1.165) is 0 Å². The van der Waals surface area contributed by atoms with Gasteiger partial charge in [-0.3, -0.25) is 0 Å². The number of alkyl halides is 3. The Kier molecular flexibility index (Phi) is 4.47. The second-order valence-corrected chi connectivity index (χ2v) is 4.25. The average molecular weight is 330 g/mol. The Labute approximate surface area is 97.4 Å². The highest BCUT2D eigenvalue weighted by molar-refractivity contribution is 9.10. The Bertz CT molecular complexity index is 318. The van der Waals surface area contributed by atoms with E-state index in [9.17, 15) is 13.9 Å². The normalized spacial score (nSPS) is 13.3. The maximum absolute atomic E-state index is 12.5. The molecule has 78 valence electrons. The Morgan fingerprint density at radius 2 is 2.00 bits per heavy atom. The van der Waals surface area contributed by atoms with Crippen LogP contribution in [0.4, 0.5) is 8.78 Å². The number of hydrogen-bond acceptors (Lipinski definition) is 1. The molecule has 1 rings (SSSR count). The Morgan fingerprint density at radius 3 is 2.50 bits per heavy atom. The first-order chi connectivity index (χ1) is 6.56. The minimum atomic E-state index is -2.54. The second-order valence-electron chi connectivity index (χ2n) is 2.75. The molecule has 0 spiro atoms. The van der Waals surface area contributed by atoms with Crippen molar-refractivity contribution in [1.82, 2.24) is 0 Å². The van der Waals surface area contributed by atoms with Crippen LogP contribution < -0.4 is 0 Å². The number of hydrogen-bond donors (Lipinski definition) is 1. The van der Waals surface area contributed by atoms with Gasteiger partial charge in [0.05, 0.1) is 6.10 Å². The molecular formula is C9H8Br2F2O. The molecule has 1 N–H and O–H groups in total. The lowest BCUT2D eigenvalue weighted by molar-refractivity contribution is 0.149. The Balaban J connectivity index is 3.06. The maximum Gasteiger partial charge on any atom is 0.264 e. The summed E-state index contributed by atoms with van der Waals surface area (Å²) >= 11 is 6.11. The molecule has 0 amide bonds. The molecule has 0 aliphatic carbocycles. The first-order valence-electron chi connectivity index (χ1n) is 3.87. The number of aliphatic hydroxyl groups excluding tert-OH is 1. The zero-order valence-electron chi connectivity index (χ0n) is 7.05. The van der Waals surface area contributed by atoms with Gasteiger partial charge in [-0.25, -0.2) is 8.78 Å². The molecule has 0 aliphatic heterocycles. The summed E-state index contributed by atoms with van der Waals surface area (Å²) in [5.41, 5.74) is 0.392. The third-order valence-electron chi connectivity index (χ3n) is 1.79. The van der Waals surface area contributed by atoms with Crippen LogP contribution in [0.5, 0.6) is 0 Å². The minimum absolute atomic E-state index is 0.0949. The minimum Gasteiger partial charge on any atom is -0.388 e. The van der Waals surface area contributed by atoms with Crippen LogP contribution in [-0.2, 0) is 0 Å². The lowest BCUT2D eigenvalue weighted by atomic mass is 10.1. The highest BCUT2D eigenvalue weighted by Crippen LogP contribution is 2.30. The molecule has 0 aromatic heterocycles. The van der Waals surface area contributed by atoms with Crippen LogP contribution in [-0.4, -0.2) is 10.4 Å². The Morgan fingerprint density at radius 1 is 1.36 bits per heavy atom. The topological polar surface area (TPSA) is 20.2 Å². The molecule has 0 saturated carbocycles. The fourth-order valence-corrected chi connectivity index (χ4v) is 1.82. The summed E-state index contributed by atoms with van der Waals surface area (Å²) in [6.45, 7) is 0. The van der Waals surface area contributed by atoms with Crippen LogP contribution >= 0.6 is 31.9 Å². The van der Waals surface area contributed by atoms with Crippen LogP contribution in [0, 0.1) is 0 Å². The summed E-state index contributed by atoms with van der Waals surface area (Å²) in [6, 6.07) is 4.44. The zero-order valence-corrected chi connectivity index (χ0v) is 10.2. The summed E-state index contributed by atoms with van der Waals surface area (Å²) in [5, 5.41) is 9.75. The van der Waals surface area contributed by atoms with E-state index in [2.05, 4.69) is 31.9 Å². The summed E-state index contributed by atoms with van der Waals surface area (Å²) in [6.07, 6.45) is -3.28. The van der Waals surface area contributed by atoms with Crippen LogP contribution in [0.1, 0.15) is 23.7 Å². The fourth-order valence-electron chi connectivity index (χ4n) is 1.03. The molecule has 0 fully saturated rings. The summed E-state index contributed by atoms with van der Waals surface area (Å²) in [7, 11) is 0. The highest BCUT2D eigenvalue weighted by Gasteiger charge is 2.14. The van der Waals surface area contributed by atoms with Crippen LogP contribution in [0.25, 0.3) is 0 Å². The van der Waals surface area contributed by atoms with Gasteiger partial charge in [-0.05, 0) is 17.7 Å². The molecule has 1 aromatic carbocycles. The van der Waals surface area contributed by atoms with Gasteiger partial charge in [-0.2, -0.15) is 0 Å². The first-order valence-corrected chi connectivity index (χ1v) is 5.79. The highest BCUT2D eigenvalue weighted by atomic mass is 79.9. The van der Waals surface area contributed by atoms with Crippen molar-refractivity contribution >= 4 is 31.9 Å². The number of halogens is 4. The molecule has 1 atom stereocenters. The van der Waals surface area contributed by atoms with Gasteiger partial charge in [0.25, 0.3) is 6.43 Å². The number of aliphatic hydroxyl groups is 1. The number of benzene rings is 1. The van der Waals surface area contributed by atoms with E-state index in [1.54, 1.807) is 6.07 Å². The zero-order chi connectivity index (χ0) is 10.7. The predicted octanol–water partition coefficient (Wildman–Crippen LogP) is 3.82. The van der Waals surface area contributed by atoms with Gasteiger partial charge in [0.2, 0.25) is 0 Å². The van der Waals surface area contributed by atoms with Gasteiger partial charge in [0.1, 0.15) is 0 Å². The molecule has 1 aromatic rings. The monoisotopic (exact) mass is 328 g/mol. The van der Waals surface area contributed by atoms with Crippen molar-refractivity contribution in [2.24, 2.45) is 0 Å². The third kappa shape index (κ3) is 2.74. The molecule has 0 aliphatic rings. The molecule has 1 nitrogen and oxygen atoms in total. The van der Waals surface area contributed by atoms with Gasteiger partial charge in [-0.1, -0.05) is 37.9 Å². The van der Waals surface area contributed by atoms with E-state index in [1.165, 1.54) is 12.1 Å². The van der Waals surface area contributed by atoms with Crippen molar-refractivity contribution in [2.75, 3.05) is 5.33 Å². The predicted molar refractivity (Wildman–Crippen MR) is 57.9 cm³/mol. The first kappa shape index (κ1) is 12.1. The summed E-state index contributed by atoms with van der Waals surface area (Å²) < 4.78 is 25.3. The van der Waals surface area contributed by atoms with Gasteiger partial charge in [0.15, 0.2) is 0 Å². The SMILES string of the molecule is OC(CBr)c1ccc(Br)c(C(F)F)c1. The van der Waals surface area contributed by atoms with Crippen molar-refractivity contribution in [1.29, 1.82) is 0 Å². The van der Waals surface area contributed by atoms with Crippen LogP contribution in [0.15, 0.2) is 22.7 Å². The standard InChI is InChI=1S/C9H8Br2F2O/c10-4-8(14)5-1-2-7(11)6(3-5)9(12)13/h1-3,8-9,14H,4H2. The molecule has 5 heteroatoms. The largest absolute Gasteiger partial charge is 0.388 e. The van der Waals surface area contributed by atoms with Gasteiger partial charge in [-0.15, -0.1) is 0 Å². The van der Waals surface area contributed by atoms with Gasteiger partial charge in [0, 0.05) is 15.4 Å². The lowest BCUT2D eigenvalue weighted by Crippen LogP contribution is -1.99. The van der Waals surface area contributed by atoms with Crippen molar-refractivity contribution in [3.63, 3.8) is 0 Å². The third-order valence-corrected chi connectivity index (χ3v) is 3.12. The van der Waals surface area contributed by atoms with Crippen LogP contribution in [0.2, 0.25) is 0 Å². The quantitative estimate of drug-likeness (QED) is 0.836. The fraction of sp³-hybridized carbons (Fsp3) is 0.333. The molecule has 1 unspecified atom stereocenters. The van der Waals surface area contributed by atoms with Gasteiger partial charge >= 0.3 is 0 Å². The molecule has 0 bridgehead atoms.